The second kappa shape index (κ2) is 4.73. The molecule has 0 aromatic carbocycles. The second-order valence-electron chi connectivity index (χ2n) is 3.02. The van der Waals surface area contributed by atoms with Crippen LogP contribution in [0.5, 0.6) is 0 Å². The Labute approximate surface area is 71.8 Å². The summed E-state index contributed by atoms with van der Waals surface area (Å²) in [6.45, 7) is 0. The van der Waals surface area contributed by atoms with E-state index in [1.54, 1.807) is 0 Å². The number of hydrogen-bond donors (Lipinski definition) is 2. The van der Waals surface area contributed by atoms with E-state index < -0.39 is 5.97 Å². The highest BCUT2D eigenvalue weighted by Crippen LogP contribution is 2.27. The normalized spacial score (nSPS) is 28.2. The molecule has 0 unspecified atom stereocenters. The number of aliphatic carboxylic acids is 1. The van der Waals surface area contributed by atoms with Crippen LogP contribution in [0.2, 0.25) is 0 Å². The first-order chi connectivity index (χ1) is 5.24. The lowest BCUT2D eigenvalue weighted by Crippen LogP contribution is -2.20. The highest BCUT2D eigenvalue weighted by molar-refractivity contribution is 5.70. The average molecular weight is 170 g/mol. The Balaban J connectivity index is 0.00000121. The smallest absolute Gasteiger partial charge is 0.306 e. The van der Waals surface area contributed by atoms with Crippen molar-refractivity contribution in [3.63, 3.8) is 0 Å². The quantitative estimate of drug-likeness (QED) is 0.624. The topological polar surface area (TPSA) is 96.1 Å². The number of nitrogens with zero attached hydrogens (tertiary/aromatic N) is 1. The Hall–Kier alpha value is -1.08. The average Bonchev–Trinajstić information content (AvgIpc) is 2.05. The summed E-state index contributed by atoms with van der Waals surface area (Å²) in [7, 11) is 0. The zero-order valence-electron chi connectivity index (χ0n) is 6.99. The van der Waals surface area contributed by atoms with Crippen molar-refractivity contribution in [3.8, 4) is 6.07 Å². The molecule has 0 aliphatic heterocycles. The first-order valence-corrected chi connectivity index (χ1v) is 3.86. The van der Waals surface area contributed by atoms with E-state index >= 15 is 0 Å². The van der Waals surface area contributed by atoms with Crippen molar-refractivity contribution < 1.29 is 9.90 Å². The van der Waals surface area contributed by atoms with Crippen LogP contribution < -0.4 is 6.15 Å². The molecule has 1 fully saturated rings. The predicted molar refractivity (Wildman–Crippen MR) is 43.7 cm³/mol. The van der Waals surface area contributed by atoms with E-state index in [1.807, 2.05) is 0 Å². The molecule has 0 radical (unpaired) electrons. The number of rotatable bonds is 1. The Morgan fingerprint density at radius 3 is 2.17 bits per heavy atom. The van der Waals surface area contributed by atoms with Gasteiger partial charge < -0.3 is 11.3 Å². The number of nitriles is 1. The summed E-state index contributed by atoms with van der Waals surface area (Å²) in [5, 5.41) is 17.1. The summed E-state index contributed by atoms with van der Waals surface area (Å²) in [5.41, 5.74) is 0. The first kappa shape index (κ1) is 10.9. The van der Waals surface area contributed by atoms with E-state index in [9.17, 15) is 4.79 Å². The van der Waals surface area contributed by atoms with E-state index in [-0.39, 0.29) is 18.0 Å². The fourth-order valence-electron chi connectivity index (χ4n) is 1.47. The maximum Gasteiger partial charge on any atom is 0.306 e. The molecule has 68 valence electrons. The molecule has 1 aliphatic carbocycles. The largest absolute Gasteiger partial charge is 0.481 e. The molecule has 1 rings (SSSR count). The van der Waals surface area contributed by atoms with Gasteiger partial charge in [-0.1, -0.05) is 0 Å². The molecule has 4 nitrogen and oxygen atoms in total. The number of hydrogen-bond acceptors (Lipinski definition) is 3. The van der Waals surface area contributed by atoms with E-state index in [1.165, 1.54) is 0 Å². The molecule has 4 heteroatoms. The third-order valence-corrected chi connectivity index (χ3v) is 2.26. The highest BCUT2D eigenvalue weighted by atomic mass is 16.4. The fourth-order valence-corrected chi connectivity index (χ4v) is 1.47. The van der Waals surface area contributed by atoms with Crippen LogP contribution >= 0.6 is 0 Å². The summed E-state index contributed by atoms with van der Waals surface area (Å²) in [5.74, 6) is -0.799. The van der Waals surface area contributed by atoms with Gasteiger partial charge in [0.15, 0.2) is 0 Å². The van der Waals surface area contributed by atoms with Crippen LogP contribution in [0.4, 0.5) is 0 Å². The molecule has 0 bridgehead atoms. The van der Waals surface area contributed by atoms with Gasteiger partial charge in [0.25, 0.3) is 0 Å². The Morgan fingerprint density at radius 1 is 1.33 bits per heavy atom. The van der Waals surface area contributed by atoms with Gasteiger partial charge >= 0.3 is 5.97 Å². The molecule has 0 aromatic heterocycles. The molecular weight excluding hydrogens is 156 g/mol. The van der Waals surface area contributed by atoms with Gasteiger partial charge in [0.2, 0.25) is 0 Å². The molecule has 0 spiro atoms. The summed E-state index contributed by atoms with van der Waals surface area (Å²) < 4.78 is 0. The van der Waals surface area contributed by atoms with Crippen LogP contribution in [0.3, 0.4) is 0 Å². The molecule has 4 N–H and O–H groups in total. The van der Waals surface area contributed by atoms with Gasteiger partial charge in [-0.3, -0.25) is 4.79 Å². The van der Waals surface area contributed by atoms with Crippen molar-refractivity contribution in [2.45, 2.75) is 25.7 Å². The number of carboxylic acids is 1. The fraction of sp³-hybridized carbons (Fsp3) is 0.750. The van der Waals surface area contributed by atoms with Gasteiger partial charge in [0.05, 0.1) is 12.0 Å². The van der Waals surface area contributed by atoms with E-state index in [0.29, 0.717) is 12.8 Å². The predicted octanol–water partition coefficient (Wildman–Crippen LogP) is 1.56. The highest BCUT2D eigenvalue weighted by Gasteiger charge is 2.25. The van der Waals surface area contributed by atoms with Crippen LogP contribution in [0, 0.1) is 23.2 Å². The second-order valence-corrected chi connectivity index (χ2v) is 3.02. The van der Waals surface area contributed by atoms with Crippen molar-refractivity contribution in [2.24, 2.45) is 11.8 Å². The van der Waals surface area contributed by atoms with Crippen LogP contribution in [0.15, 0.2) is 0 Å². The lowest BCUT2D eigenvalue weighted by atomic mass is 9.83. The van der Waals surface area contributed by atoms with Gasteiger partial charge in [-0.25, -0.2) is 0 Å². The Morgan fingerprint density at radius 2 is 1.83 bits per heavy atom. The summed E-state index contributed by atoms with van der Waals surface area (Å²) in [4.78, 5) is 10.5. The van der Waals surface area contributed by atoms with Crippen LogP contribution in [-0.2, 0) is 4.79 Å². The Kier molecular flexibility index (Phi) is 4.30. The van der Waals surface area contributed by atoms with Gasteiger partial charge in [0.1, 0.15) is 0 Å². The zero-order chi connectivity index (χ0) is 8.27. The summed E-state index contributed by atoms with van der Waals surface area (Å²) in [6, 6.07) is 2.17. The van der Waals surface area contributed by atoms with Crippen LogP contribution in [0.1, 0.15) is 25.7 Å². The molecule has 1 saturated carbocycles. The maximum absolute atomic E-state index is 10.5. The van der Waals surface area contributed by atoms with Crippen molar-refractivity contribution in [1.82, 2.24) is 6.15 Å². The maximum atomic E-state index is 10.5. The minimum absolute atomic E-state index is 0. The van der Waals surface area contributed by atoms with Crippen molar-refractivity contribution in [2.75, 3.05) is 0 Å². The SMILES string of the molecule is N.N#CC1CCC(C(=O)O)CC1. The monoisotopic (exact) mass is 170 g/mol. The minimum Gasteiger partial charge on any atom is -0.481 e. The third-order valence-electron chi connectivity index (χ3n) is 2.26. The molecular formula is C8H14N2O2. The first-order valence-electron chi connectivity index (χ1n) is 3.86. The summed E-state index contributed by atoms with van der Waals surface area (Å²) >= 11 is 0. The third kappa shape index (κ3) is 2.51. The summed E-state index contributed by atoms with van der Waals surface area (Å²) in [6.07, 6.45) is 2.86. The van der Waals surface area contributed by atoms with E-state index in [0.717, 1.165) is 12.8 Å². The zero-order valence-corrected chi connectivity index (χ0v) is 6.99. The standard InChI is InChI=1S/C8H11NO2.H3N/c9-5-6-1-3-7(4-2-6)8(10)11;/h6-7H,1-4H2,(H,10,11);1H3. The minimum atomic E-state index is -0.707. The Bertz CT molecular complexity index is 190. The van der Waals surface area contributed by atoms with Crippen molar-refractivity contribution in [1.29, 1.82) is 5.26 Å². The molecule has 0 saturated heterocycles. The van der Waals surface area contributed by atoms with Crippen molar-refractivity contribution in [3.05, 3.63) is 0 Å². The molecule has 0 atom stereocenters. The lowest BCUT2D eigenvalue weighted by molar-refractivity contribution is -0.142. The lowest BCUT2D eigenvalue weighted by Gasteiger charge is -2.20. The van der Waals surface area contributed by atoms with E-state index in [2.05, 4.69) is 6.07 Å². The molecule has 1 aliphatic rings. The molecule has 0 amide bonds. The van der Waals surface area contributed by atoms with Crippen molar-refractivity contribution >= 4 is 5.97 Å². The van der Waals surface area contributed by atoms with Crippen LogP contribution in [0.25, 0.3) is 0 Å². The number of carboxylic acid groups (broad SMARTS) is 1. The molecule has 0 aromatic rings. The van der Waals surface area contributed by atoms with Gasteiger partial charge in [-0.05, 0) is 25.7 Å². The van der Waals surface area contributed by atoms with Gasteiger partial charge in [-0.15, -0.1) is 0 Å². The van der Waals surface area contributed by atoms with Crippen LogP contribution in [-0.4, -0.2) is 11.1 Å². The van der Waals surface area contributed by atoms with Gasteiger partial charge in [-0.2, -0.15) is 5.26 Å². The van der Waals surface area contributed by atoms with E-state index in [4.69, 9.17) is 10.4 Å². The van der Waals surface area contributed by atoms with Gasteiger partial charge in [0, 0.05) is 5.92 Å². The molecule has 0 heterocycles. The number of carbonyl (C=O) groups is 1. The molecule has 12 heavy (non-hydrogen) atoms.